The molecule has 0 saturated carbocycles. The average molecular weight is 253 g/mol. The lowest BCUT2D eigenvalue weighted by Crippen LogP contribution is -2.30. The zero-order chi connectivity index (χ0) is 13.2. The van der Waals surface area contributed by atoms with Crippen molar-refractivity contribution in [3.05, 3.63) is 48.3 Å². The van der Waals surface area contributed by atoms with Gasteiger partial charge >= 0.3 is 0 Å². The first-order valence-electron chi connectivity index (χ1n) is 6.69. The van der Waals surface area contributed by atoms with E-state index in [4.69, 9.17) is 4.42 Å². The number of rotatable bonds is 3. The van der Waals surface area contributed by atoms with Crippen LogP contribution in [0.3, 0.4) is 0 Å². The molecule has 0 atom stereocenters. The van der Waals surface area contributed by atoms with Crippen molar-refractivity contribution in [3.8, 4) is 11.5 Å². The second-order valence-corrected chi connectivity index (χ2v) is 4.60. The summed E-state index contributed by atoms with van der Waals surface area (Å²) < 4.78 is 7.94. The van der Waals surface area contributed by atoms with E-state index in [0.29, 0.717) is 5.89 Å². The van der Waals surface area contributed by atoms with Gasteiger partial charge in [-0.3, -0.25) is 0 Å². The lowest BCUT2D eigenvalue weighted by molar-refractivity contribution is -0.693. The van der Waals surface area contributed by atoms with Gasteiger partial charge in [-0.05, 0) is 37.1 Å². The molecule has 0 amide bonds. The number of aromatic nitrogens is 2. The maximum Gasteiger partial charge on any atom is 0.233 e. The van der Waals surface area contributed by atoms with E-state index < -0.39 is 0 Å². The third-order valence-electron chi connectivity index (χ3n) is 3.33. The van der Waals surface area contributed by atoms with Crippen LogP contribution < -0.4 is 4.57 Å². The van der Waals surface area contributed by atoms with Crippen molar-refractivity contribution in [1.29, 1.82) is 0 Å². The Hall–Kier alpha value is -2.16. The Morgan fingerprint density at radius 3 is 2.89 bits per heavy atom. The Balaban J connectivity index is 2.09. The van der Waals surface area contributed by atoms with Gasteiger partial charge in [-0.2, -0.15) is 0 Å². The van der Waals surface area contributed by atoms with Crippen LogP contribution in [-0.2, 0) is 13.0 Å². The molecule has 0 spiro atoms. The molecule has 96 valence electrons. The van der Waals surface area contributed by atoms with E-state index in [1.165, 1.54) is 5.56 Å². The van der Waals surface area contributed by atoms with E-state index in [9.17, 15) is 0 Å². The van der Waals surface area contributed by atoms with Crippen LogP contribution in [0.25, 0.3) is 22.6 Å². The van der Waals surface area contributed by atoms with Crippen molar-refractivity contribution in [1.82, 2.24) is 4.98 Å². The van der Waals surface area contributed by atoms with Crippen molar-refractivity contribution < 1.29 is 8.98 Å². The van der Waals surface area contributed by atoms with Crippen molar-refractivity contribution in [2.75, 3.05) is 0 Å². The first-order chi connectivity index (χ1) is 9.30. The van der Waals surface area contributed by atoms with Crippen LogP contribution in [0.2, 0.25) is 0 Å². The molecular weight excluding hydrogens is 236 g/mol. The number of hydrogen-bond acceptors (Lipinski definition) is 2. The van der Waals surface area contributed by atoms with Crippen LogP contribution in [0.1, 0.15) is 19.4 Å². The summed E-state index contributed by atoms with van der Waals surface area (Å²) in [6, 6.07) is 10.2. The first-order valence-corrected chi connectivity index (χ1v) is 6.69. The van der Waals surface area contributed by atoms with Crippen LogP contribution >= 0.6 is 0 Å². The Labute approximate surface area is 112 Å². The van der Waals surface area contributed by atoms with Gasteiger partial charge in [0.2, 0.25) is 5.89 Å². The molecule has 0 unspecified atom stereocenters. The predicted octanol–water partition coefficient (Wildman–Crippen LogP) is 3.36. The van der Waals surface area contributed by atoms with Gasteiger partial charge in [0.25, 0.3) is 0 Å². The maximum atomic E-state index is 5.83. The number of nitrogens with zero attached hydrogens (tertiary/aromatic N) is 2. The Kier molecular flexibility index (Phi) is 3.03. The smallest absolute Gasteiger partial charge is 0.233 e. The Morgan fingerprint density at radius 2 is 2.11 bits per heavy atom. The van der Waals surface area contributed by atoms with Crippen molar-refractivity contribution in [3.63, 3.8) is 0 Å². The molecule has 0 aliphatic heterocycles. The standard InChI is InChI=1S/C16H17N2O/c1-3-12-7-8-15-14(10-12)17-16(19-15)13-6-5-9-18(4-2)11-13/h5-11H,3-4H2,1-2H3/q+1. The molecule has 0 saturated heterocycles. The summed E-state index contributed by atoms with van der Waals surface area (Å²) in [5.41, 5.74) is 4.07. The maximum absolute atomic E-state index is 5.83. The van der Waals surface area contributed by atoms with Gasteiger partial charge in [-0.1, -0.05) is 13.0 Å². The molecule has 0 bridgehead atoms. The highest BCUT2D eigenvalue weighted by molar-refractivity contribution is 5.76. The van der Waals surface area contributed by atoms with Crippen molar-refractivity contribution in [2.45, 2.75) is 26.8 Å². The van der Waals surface area contributed by atoms with E-state index in [-0.39, 0.29) is 0 Å². The molecule has 3 heteroatoms. The number of pyridine rings is 1. The van der Waals surface area contributed by atoms with E-state index in [1.807, 2.05) is 24.4 Å². The van der Waals surface area contributed by atoms with Gasteiger partial charge in [0.05, 0.1) is 0 Å². The molecular formula is C16H17N2O+. The van der Waals surface area contributed by atoms with Gasteiger partial charge in [-0.15, -0.1) is 0 Å². The molecule has 0 N–H and O–H groups in total. The minimum absolute atomic E-state index is 0.686. The van der Waals surface area contributed by atoms with Crippen LogP contribution in [0.15, 0.2) is 47.1 Å². The lowest BCUT2D eigenvalue weighted by atomic mass is 10.1. The van der Waals surface area contributed by atoms with Gasteiger partial charge in [0.1, 0.15) is 17.6 Å². The molecule has 0 aliphatic rings. The minimum Gasteiger partial charge on any atom is -0.436 e. The molecule has 3 nitrogen and oxygen atoms in total. The third-order valence-corrected chi connectivity index (χ3v) is 3.33. The first kappa shape index (κ1) is 11.9. The van der Waals surface area contributed by atoms with Gasteiger partial charge < -0.3 is 4.42 Å². The quantitative estimate of drug-likeness (QED) is 0.670. The highest BCUT2D eigenvalue weighted by Crippen LogP contribution is 2.24. The molecule has 19 heavy (non-hydrogen) atoms. The minimum atomic E-state index is 0.686. The van der Waals surface area contributed by atoms with Gasteiger partial charge in [-0.25, -0.2) is 9.55 Å². The second kappa shape index (κ2) is 4.84. The molecule has 2 heterocycles. The molecule has 0 fully saturated rings. The van der Waals surface area contributed by atoms with Crippen molar-refractivity contribution in [2.24, 2.45) is 0 Å². The van der Waals surface area contributed by atoms with Crippen LogP contribution in [0.4, 0.5) is 0 Å². The van der Waals surface area contributed by atoms with Crippen LogP contribution in [-0.4, -0.2) is 4.98 Å². The molecule has 3 rings (SSSR count). The highest BCUT2D eigenvalue weighted by Gasteiger charge is 2.11. The van der Waals surface area contributed by atoms with Crippen LogP contribution in [0.5, 0.6) is 0 Å². The molecule has 0 radical (unpaired) electrons. The van der Waals surface area contributed by atoms with E-state index in [1.54, 1.807) is 0 Å². The summed E-state index contributed by atoms with van der Waals surface area (Å²) in [5, 5.41) is 0. The third kappa shape index (κ3) is 2.24. The Morgan fingerprint density at radius 1 is 1.21 bits per heavy atom. The molecule has 2 aromatic heterocycles. The number of benzene rings is 1. The summed E-state index contributed by atoms with van der Waals surface area (Å²) >= 11 is 0. The summed E-state index contributed by atoms with van der Waals surface area (Å²) in [7, 11) is 0. The highest BCUT2D eigenvalue weighted by atomic mass is 16.3. The average Bonchev–Trinajstić information content (AvgIpc) is 2.90. The predicted molar refractivity (Wildman–Crippen MR) is 74.7 cm³/mol. The van der Waals surface area contributed by atoms with Crippen LogP contribution in [0, 0.1) is 0 Å². The summed E-state index contributed by atoms with van der Waals surface area (Å²) in [4.78, 5) is 4.59. The Bertz CT molecular complexity index is 716. The number of oxazole rings is 1. The second-order valence-electron chi connectivity index (χ2n) is 4.60. The van der Waals surface area contributed by atoms with Gasteiger partial charge in [0, 0.05) is 6.07 Å². The molecule has 1 aromatic carbocycles. The topological polar surface area (TPSA) is 29.9 Å². The SMILES string of the molecule is CCc1ccc2oc(-c3ccc[n+](CC)c3)nc2c1. The fraction of sp³-hybridized carbons (Fsp3) is 0.250. The zero-order valence-electron chi connectivity index (χ0n) is 11.3. The van der Waals surface area contributed by atoms with Crippen molar-refractivity contribution >= 4 is 11.1 Å². The summed E-state index contributed by atoms with van der Waals surface area (Å²) in [5.74, 6) is 0.686. The monoisotopic (exact) mass is 253 g/mol. The normalized spacial score (nSPS) is 11.1. The van der Waals surface area contributed by atoms with E-state index in [2.05, 4.69) is 41.7 Å². The fourth-order valence-corrected chi connectivity index (χ4v) is 2.16. The van der Waals surface area contributed by atoms with E-state index in [0.717, 1.165) is 29.6 Å². The largest absolute Gasteiger partial charge is 0.436 e. The van der Waals surface area contributed by atoms with E-state index >= 15 is 0 Å². The number of fused-ring (bicyclic) bond motifs is 1. The molecule has 0 aliphatic carbocycles. The number of aryl methyl sites for hydroxylation is 2. The zero-order valence-corrected chi connectivity index (χ0v) is 11.3. The summed E-state index contributed by atoms with van der Waals surface area (Å²) in [6.07, 6.45) is 5.12. The lowest BCUT2D eigenvalue weighted by Gasteiger charge is -1.94. The fourth-order valence-electron chi connectivity index (χ4n) is 2.16. The number of hydrogen-bond donors (Lipinski definition) is 0. The van der Waals surface area contributed by atoms with Gasteiger partial charge in [0.15, 0.2) is 18.0 Å². The molecule has 3 aromatic rings. The summed E-state index contributed by atoms with van der Waals surface area (Å²) in [6.45, 7) is 5.20.